The third-order valence-corrected chi connectivity index (χ3v) is 4.41. The molecule has 156 valence electrons. The summed E-state index contributed by atoms with van der Waals surface area (Å²) in [4.78, 5) is 23.2. The van der Waals surface area contributed by atoms with Crippen LogP contribution < -0.4 is 19.5 Å². The Morgan fingerprint density at radius 3 is 2.47 bits per heavy atom. The second-order valence-corrected chi connectivity index (χ2v) is 6.64. The number of halogens is 1. The van der Waals surface area contributed by atoms with Crippen LogP contribution in [0, 0.1) is 11.3 Å². The Morgan fingerprint density at radius 1 is 1.20 bits per heavy atom. The zero-order valence-electron chi connectivity index (χ0n) is 16.3. The fourth-order valence-corrected chi connectivity index (χ4v) is 2.81. The van der Waals surface area contributed by atoms with E-state index in [0.717, 1.165) is 0 Å². The lowest BCUT2D eigenvalue weighted by Crippen LogP contribution is -2.13. The maximum Gasteiger partial charge on any atom is 0.341 e. The number of ether oxygens (including phenoxy) is 3. The average molecular weight is 475 g/mol. The molecule has 0 aliphatic heterocycles. The lowest BCUT2D eigenvalue weighted by Gasteiger charge is -2.12. The van der Waals surface area contributed by atoms with Crippen LogP contribution in [0.1, 0.15) is 12.5 Å². The van der Waals surface area contributed by atoms with E-state index in [2.05, 4.69) is 21.2 Å². The molecule has 0 unspecified atom stereocenters. The van der Waals surface area contributed by atoms with Crippen molar-refractivity contribution in [2.75, 3.05) is 25.6 Å². The average Bonchev–Trinajstić information content (AvgIpc) is 2.72. The standard InChI is InChI=1S/C21H19BrN2O6/c1-3-29-16-6-4-15(5-7-16)24-21(27)14(11-23)8-13-9-18(28-2)19(10-17(13)22)30-12-20(25)26/h4-10H,3,12H2,1-2H3,(H,24,27)(H,25,26). The molecule has 0 radical (unpaired) electrons. The summed E-state index contributed by atoms with van der Waals surface area (Å²) in [5.74, 6) is -0.572. The molecule has 0 atom stereocenters. The highest BCUT2D eigenvalue weighted by atomic mass is 79.9. The summed E-state index contributed by atoms with van der Waals surface area (Å²) in [6.07, 6.45) is 1.39. The number of amides is 1. The number of nitriles is 1. The van der Waals surface area contributed by atoms with Crippen LogP contribution in [0.15, 0.2) is 46.4 Å². The molecular formula is C21H19BrN2O6. The van der Waals surface area contributed by atoms with E-state index in [-0.39, 0.29) is 17.1 Å². The molecule has 30 heavy (non-hydrogen) atoms. The number of carboxylic acid groups (broad SMARTS) is 1. The van der Waals surface area contributed by atoms with Gasteiger partial charge in [-0.05, 0) is 55.0 Å². The summed E-state index contributed by atoms with van der Waals surface area (Å²) in [6.45, 7) is 1.87. The first-order valence-electron chi connectivity index (χ1n) is 8.76. The summed E-state index contributed by atoms with van der Waals surface area (Å²) >= 11 is 3.33. The van der Waals surface area contributed by atoms with E-state index in [9.17, 15) is 14.9 Å². The normalized spacial score (nSPS) is 10.7. The lowest BCUT2D eigenvalue weighted by molar-refractivity contribution is -0.139. The summed E-state index contributed by atoms with van der Waals surface area (Å²) in [5.41, 5.74) is 0.859. The third kappa shape index (κ3) is 6.25. The molecule has 0 heterocycles. The molecule has 2 N–H and O–H groups in total. The van der Waals surface area contributed by atoms with E-state index in [0.29, 0.717) is 28.1 Å². The summed E-state index contributed by atoms with van der Waals surface area (Å²) in [5, 5.41) is 20.8. The van der Waals surface area contributed by atoms with Gasteiger partial charge in [-0.3, -0.25) is 4.79 Å². The highest BCUT2D eigenvalue weighted by Crippen LogP contribution is 2.34. The van der Waals surface area contributed by atoms with Crippen LogP contribution in [0.5, 0.6) is 17.2 Å². The third-order valence-electron chi connectivity index (χ3n) is 3.72. The lowest BCUT2D eigenvalue weighted by atomic mass is 10.1. The van der Waals surface area contributed by atoms with Gasteiger partial charge in [0, 0.05) is 10.2 Å². The molecule has 1 amide bonds. The molecule has 0 spiro atoms. The van der Waals surface area contributed by atoms with E-state index >= 15 is 0 Å². The molecule has 0 bridgehead atoms. The van der Waals surface area contributed by atoms with Crippen LogP contribution in [-0.4, -0.2) is 37.3 Å². The summed E-state index contributed by atoms with van der Waals surface area (Å²) in [7, 11) is 1.40. The van der Waals surface area contributed by atoms with E-state index in [1.54, 1.807) is 24.3 Å². The number of benzene rings is 2. The van der Waals surface area contributed by atoms with Crippen LogP contribution in [0.2, 0.25) is 0 Å². The van der Waals surface area contributed by atoms with Crippen molar-refractivity contribution in [3.63, 3.8) is 0 Å². The minimum atomic E-state index is -1.13. The predicted molar refractivity (Wildman–Crippen MR) is 114 cm³/mol. The smallest absolute Gasteiger partial charge is 0.341 e. The molecule has 0 aromatic heterocycles. The van der Waals surface area contributed by atoms with Crippen LogP contribution in [0.4, 0.5) is 5.69 Å². The van der Waals surface area contributed by atoms with E-state index in [4.69, 9.17) is 19.3 Å². The molecule has 9 heteroatoms. The Kier molecular flexibility index (Phi) is 8.26. The fraction of sp³-hybridized carbons (Fsp3) is 0.190. The number of nitrogens with one attached hydrogen (secondary N) is 1. The number of carbonyl (C=O) groups is 2. The molecule has 0 saturated carbocycles. The van der Waals surface area contributed by atoms with Crippen molar-refractivity contribution in [1.29, 1.82) is 5.26 Å². The number of carboxylic acids is 1. The summed E-state index contributed by atoms with van der Waals surface area (Å²) in [6, 6.07) is 11.7. The van der Waals surface area contributed by atoms with Crippen LogP contribution >= 0.6 is 15.9 Å². The fourth-order valence-electron chi connectivity index (χ4n) is 2.38. The molecular weight excluding hydrogens is 456 g/mol. The van der Waals surface area contributed by atoms with Gasteiger partial charge in [-0.25, -0.2) is 4.79 Å². The first-order valence-corrected chi connectivity index (χ1v) is 9.55. The largest absolute Gasteiger partial charge is 0.494 e. The maximum absolute atomic E-state index is 12.5. The van der Waals surface area contributed by atoms with Gasteiger partial charge < -0.3 is 24.6 Å². The quantitative estimate of drug-likeness (QED) is 0.418. The summed E-state index contributed by atoms with van der Waals surface area (Å²) < 4.78 is 16.2. The Labute approximate surface area is 181 Å². The number of carbonyl (C=O) groups excluding carboxylic acids is 1. The Morgan fingerprint density at radius 2 is 1.90 bits per heavy atom. The van der Waals surface area contributed by atoms with Gasteiger partial charge in [-0.2, -0.15) is 5.26 Å². The number of rotatable bonds is 9. The Hall–Kier alpha value is -3.51. The number of aliphatic carboxylic acids is 1. The molecule has 0 aliphatic carbocycles. The molecule has 0 saturated heterocycles. The minimum Gasteiger partial charge on any atom is -0.494 e. The van der Waals surface area contributed by atoms with Crippen LogP contribution in [0.3, 0.4) is 0 Å². The minimum absolute atomic E-state index is 0.133. The molecule has 2 aromatic carbocycles. The van der Waals surface area contributed by atoms with E-state index < -0.39 is 18.5 Å². The second kappa shape index (κ2) is 10.9. The molecule has 0 fully saturated rings. The van der Waals surface area contributed by atoms with Gasteiger partial charge in [0.25, 0.3) is 5.91 Å². The topological polar surface area (TPSA) is 118 Å². The Balaban J connectivity index is 2.24. The van der Waals surface area contributed by atoms with Crippen molar-refractivity contribution in [3.05, 3.63) is 52.0 Å². The van der Waals surface area contributed by atoms with Crippen molar-refractivity contribution < 1.29 is 28.9 Å². The molecule has 2 rings (SSSR count). The van der Waals surface area contributed by atoms with Crippen molar-refractivity contribution >= 4 is 39.6 Å². The van der Waals surface area contributed by atoms with Gasteiger partial charge in [0.05, 0.1) is 13.7 Å². The van der Waals surface area contributed by atoms with Gasteiger partial charge in [-0.15, -0.1) is 0 Å². The predicted octanol–water partition coefficient (Wildman–Crippen LogP) is 3.87. The number of anilines is 1. The monoisotopic (exact) mass is 474 g/mol. The number of hydrogen-bond donors (Lipinski definition) is 2. The van der Waals surface area contributed by atoms with Gasteiger partial charge in [0.15, 0.2) is 18.1 Å². The highest BCUT2D eigenvalue weighted by Gasteiger charge is 2.14. The van der Waals surface area contributed by atoms with Crippen molar-refractivity contribution in [2.24, 2.45) is 0 Å². The van der Waals surface area contributed by atoms with Gasteiger partial charge >= 0.3 is 5.97 Å². The van der Waals surface area contributed by atoms with Gasteiger partial charge in [-0.1, -0.05) is 15.9 Å². The van der Waals surface area contributed by atoms with Crippen LogP contribution in [0.25, 0.3) is 6.08 Å². The number of nitrogens with zero attached hydrogens (tertiary/aromatic N) is 1. The van der Waals surface area contributed by atoms with Gasteiger partial charge in [0.1, 0.15) is 17.4 Å². The molecule has 0 aliphatic rings. The first kappa shape index (κ1) is 22.8. The maximum atomic E-state index is 12.5. The zero-order chi connectivity index (χ0) is 22.1. The van der Waals surface area contributed by atoms with Gasteiger partial charge in [0.2, 0.25) is 0 Å². The number of methoxy groups -OCH3 is 1. The molecule has 8 nitrogen and oxygen atoms in total. The van der Waals surface area contributed by atoms with Crippen molar-refractivity contribution in [1.82, 2.24) is 0 Å². The van der Waals surface area contributed by atoms with E-state index in [1.165, 1.54) is 25.3 Å². The number of hydrogen-bond acceptors (Lipinski definition) is 6. The van der Waals surface area contributed by atoms with Crippen molar-refractivity contribution in [3.8, 4) is 23.3 Å². The zero-order valence-corrected chi connectivity index (χ0v) is 17.9. The highest BCUT2D eigenvalue weighted by molar-refractivity contribution is 9.10. The van der Waals surface area contributed by atoms with Crippen molar-refractivity contribution in [2.45, 2.75) is 6.92 Å². The first-order chi connectivity index (χ1) is 14.4. The van der Waals surface area contributed by atoms with Crippen LogP contribution in [-0.2, 0) is 9.59 Å². The van der Waals surface area contributed by atoms with E-state index in [1.807, 2.05) is 13.0 Å². The Bertz CT molecular complexity index is 996. The SMILES string of the molecule is CCOc1ccc(NC(=O)C(C#N)=Cc2cc(OC)c(OCC(=O)O)cc2Br)cc1. The second-order valence-electron chi connectivity index (χ2n) is 5.79. The molecule has 2 aromatic rings.